The van der Waals surface area contributed by atoms with Gasteiger partial charge in [-0.3, -0.25) is 14.4 Å². The molecular weight excluding hydrogens is 1030 g/mol. The minimum Gasteiger partial charge on any atom is -0.477 e. The summed E-state index contributed by atoms with van der Waals surface area (Å²) in [4.78, 5) is 49.4. The van der Waals surface area contributed by atoms with Crippen LogP contribution in [0.1, 0.15) is 35.8 Å². The van der Waals surface area contributed by atoms with Gasteiger partial charge in [0, 0.05) is 25.5 Å². The standard InChI is InChI=1S/C48H58F5N5O18/c1-29(59)55-42-34(60)25-48(47(65)66,76-45(42)43(63)35(61)26-54-46(64)30-6-5-9-33(24-30)74-32-7-3-2-4-8-32)73-23-22-71-20-21-72-28-31-27-58(57-56-31)11-13-68-15-17-70-19-18-69-16-14-67-12-10-36(62)75-44-40(52)38(50)37(49)39(51)41(44)53/h2-9,24,27,34-35,42-43,45,60-61,63H,10-23,25-26,28H2,1H3,(H,54,64)(H,55,59)(H,65,66)/t34-,35+,42+,43+,45+,48+/m0/s1. The highest BCUT2D eigenvalue weighted by atomic mass is 19.2. The second-order valence-electron chi connectivity index (χ2n) is 16.4. The predicted molar refractivity (Wildman–Crippen MR) is 247 cm³/mol. The van der Waals surface area contributed by atoms with Crippen molar-refractivity contribution in [2.45, 2.75) is 69.2 Å². The molecule has 0 spiro atoms. The van der Waals surface area contributed by atoms with Gasteiger partial charge in [-0.25, -0.2) is 22.6 Å². The van der Waals surface area contributed by atoms with E-state index < -0.39 is 114 Å². The summed E-state index contributed by atoms with van der Waals surface area (Å²) in [5, 5.41) is 56.4. The molecule has 23 nitrogen and oxygen atoms in total. The molecule has 1 saturated heterocycles. The van der Waals surface area contributed by atoms with Gasteiger partial charge in [0.2, 0.25) is 40.7 Å². The molecule has 5 rings (SSSR count). The first-order chi connectivity index (χ1) is 36.5. The Kier molecular flexibility index (Phi) is 24.7. The molecule has 6 atom stereocenters. The molecule has 76 heavy (non-hydrogen) atoms. The van der Waals surface area contributed by atoms with Gasteiger partial charge in [0.1, 0.15) is 29.4 Å². The van der Waals surface area contributed by atoms with Crippen molar-refractivity contribution in [3.05, 3.63) is 101 Å². The third-order valence-corrected chi connectivity index (χ3v) is 10.7. The number of amides is 2. The lowest BCUT2D eigenvalue weighted by atomic mass is 9.88. The number of nitrogens with zero attached hydrogens (tertiary/aromatic N) is 3. The number of aliphatic carboxylic acids is 1. The fourth-order valence-electron chi connectivity index (χ4n) is 7.01. The van der Waals surface area contributed by atoms with Gasteiger partial charge in [0.25, 0.3) is 11.7 Å². The van der Waals surface area contributed by atoms with Crippen molar-refractivity contribution in [1.82, 2.24) is 25.6 Å². The van der Waals surface area contributed by atoms with Crippen LogP contribution in [-0.2, 0) is 65.4 Å². The average molecular weight is 1090 g/mol. The lowest BCUT2D eigenvalue weighted by Crippen LogP contribution is -2.68. The van der Waals surface area contributed by atoms with Crippen molar-refractivity contribution in [3.63, 3.8) is 0 Å². The van der Waals surface area contributed by atoms with Crippen molar-refractivity contribution in [3.8, 4) is 17.2 Å². The minimum absolute atomic E-state index is 0.0243. The number of benzene rings is 3. The fourth-order valence-corrected chi connectivity index (χ4v) is 7.01. The number of carboxylic acid groups (broad SMARTS) is 1. The molecule has 0 saturated carbocycles. The summed E-state index contributed by atoms with van der Waals surface area (Å²) in [7, 11) is 0. The van der Waals surface area contributed by atoms with E-state index in [1.165, 1.54) is 12.1 Å². The SMILES string of the molecule is CC(=O)N[C@H]1[C@H]([C@H](O)[C@H](O)CNC(=O)c2cccc(Oc3ccccc3)c2)O[C@@](OCCOCCOCc2cn(CCOCCOCCOCCOCCC(=O)Oc3c(F)c(F)c(F)c(F)c3F)nn2)(C(=O)O)C[C@@H]1O. The van der Waals surface area contributed by atoms with E-state index in [-0.39, 0.29) is 84.8 Å². The maximum atomic E-state index is 13.6. The van der Waals surface area contributed by atoms with E-state index in [9.17, 15) is 61.6 Å². The fraction of sp³-hybridized carbons (Fsp3) is 0.500. The number of hydrogen-bond donors (Lipinski definition) is 6. The van der Waals surface area contributed by atoms with Crippen molar-refractivity contribution in [2.24, 2.45) is 0 Å². The number of aliphatic hydroxyl groups excluding tert-OH is 3. The van der Waals surface area contributed by atoms with Gasteiger partial charge in [-0.15, -0.1) is 5.10 Å². The number of aromatic nitrogens is 3. The van der Waals surface area contributed by atoms with Gasteiger partial charge in [-0.2, -0.15) is 8.78 Å². The summed E-state index contributed by atoms with van der Waals surface area (Å²) < 4.78 is 122. The first kappa shape index (κ1) is 60.6. The van der Waals surface area contributed by atoms with E-state index in [0.29, 0.717) is 30.3 Å². The average Bonchev–Trinajstić information content (AvgIpc) is 3.89. The van der Waals surface area contributed by atoms with Crippen molar-refractivity contribution < 1.29 is 109 Å². The monoisotopic (exact) mass is 1090 g/mol. The molecule has 418 valence electrons. The van der Waals surface area contributed by atoms with Crippen LogP contribution < -0.4 is 20.1 Å². The van der Waals surface area contributed by atoms with E-state index in [4.69, 9.17) is 42.6 Å². The van der Waals surface area contributed by atoms with Gasteiger partial charge in [0.15, 0.2) is 0 Å². The van der Waals surface area contributed by atoms with Crippen molar-refractivity contribution >= 4 is 23.8 Å². The Bertz CT molecular complexity index is 2450. The smallest absolute Gasteiger partial charge is 0.364 e. The molecule has 0 radical (unpaired) electrons. The number of nitrogens with one attached hydrogen (secondary N) is 2. The summed E-state index contributed by atoms with van der Waals surface area (Å²) in [6, 6.07) is 13.7. The molecule has 2 amide bonds. The van der Waals surface area contributed by atoms with Crippen molar-refractivity contribution in [1.29, 1.82) is 0 Å². The van der Waals surface area contributed by atoms with Crippen LogP contribution >= 0.6 is 0 Å². The first-order valence-corrected chi connectivity index (χ1v) is 23.5. The van der Waals surface area contributed by atoms with Gasteiger partial charge in [-0.1, -0.05) is 29.5 Å². The molecular formula is C48H58F5N5O18. The number of carbonyl (C=O) groups is 4. The lowest BCUT2D eigenvalue weighted by Gasteiger charge is -2.46. The number of rotatable bonds is 34. The summed E-state index contributed by atoms with van der Waals surface area (Å²) in [6.45, 7) is 1.80. The third kappa shape index (κ3) is 18.8. The van der Waals surface area contributed by atoms with Crippen LogP contribution in [0.15, 0.2) is 60.8 Å². The van der Waals surface area contributed by atoms with Gasteiger partial charge in [-0.05, 0) is 30.3 Å². The van der Waals surface area contributed by atoms with Gasteiger partial charge < -0.3 is 78.4 Å². The zero-order chi connectivity index (χ0) is 55.0. The van der Waals surface area contributed by atoms with E-state index in [1.807, 2.05) is 6.07 Å². The van der Waals surface area contributed by atoms with Crippen LogP contribution in [0.2, 0.25) is 0 Å². The van der Waals surface area contributed by atoms with Gasteiger partial charge in [0.05, 0.1) is 123 Å². The molecule has 1 aromatic heterocycles. The molecule has 2 heterocycles. The van der Waals surface area contributed by atoms with E-state index in [1.54, 1.807) is 47.3 Å². The Hall–Kier alpha value is -6.31. The molecule has 1 aliphatic rings. The lowest BCUT2D eigenvalue weighted by molar-refractivity contribution is -0.312. The number of carboxylic acids is 1. The minimum atomic E-state index is -2.54. The van der Waals surface area contributed by atoms with Crippen LogP contribution in [-0.4, -0.2) is 181 Å². The quantitative estimate of drug-likeness (QED) is 0.00973. The topological polar surface area (TPSA) is 296 Å². The van der Waals surface area contributed by atoms with E-state index in [2.05, 4.69) is 25.7 Å². The number of ether oxygens (including phenoxy) is 10. The maximum Gasteiger partial charge on any atom is 0.364 e. The number of aliphatic hydroxyl groups is 3. The summed E-state index contributed by atoms with van der Waals surface area (Å²) in [5.74, 6) is -18.9. The number of esters is 1. The Morgan fingerprint density at radius 3 is 1.97 bits per heavy atom. The largest absolute Gasteiger partial charge is 0.477 e. The van der Waals surface area contributed by atoms with Crippen LogP contribution in [0.4, 0.5) is 22.0 Å². The predicted octanol–water partition coefficient (Wildman–Crippen LogP) is 1.97. The zero-order valence-electron chi connectivity index (χ0n) is 40.9. The molecule has 0 aliphatic carbocycles. The maximum absolute atomic E-state index is 13.6. The second-order valence-corrected chi connectivity index (χ2v) is 16.4. The Morgan fingerprint density at radius 2 is 1.34 bits per heavy atom. The van der Waals surface area contributed by atoms with E-state index >= 15 is 0 Å². The number of para-hydroxylation sites is 1. The van der Waals surface area contributed by atoms with Crippen LogP contribution in [0.25, 0.3) is 0 Å². The van der Waals surface area contributed by atoms with E-state index in [0.717, 1.165) is 6.92 Å². The number of hydrogen-bond acceptors (Lipinski definition) is 19. The molecule has 6 N–H and O–H groups in total. The highest BCUT2D eigenvalue weighted by Gasteiger charge is 2.55. The molecule has 28 heteroatoms. The zero-order valence-corrected chi connectivity index (χ0v) is 40.9. The van der Waals surface area contributed by atoms with Crippen LogP contribution in [0.3, 0.4) is 0 Å². The second kappa shape index (κ2) is 31.0. The normalized spacial score (nSPS) is 18.2. The van der Waals surface area contributed by atoms with Gasteiger partial charge >= 0.3 is 11.9 Å². The third-order valence-electron chi connectivity index (χ3n) is 10.7. The number of halogens is 5. The van der Waals surface area contributed by atoms with Crippen molar-refractivity contribution in [2.75, 3.05) is 85.8 Å². The van der Waals surface area contributed by atoms with Crippen LogP contribution in [0.5, 0.6) is 17.2 Å². The Labute approximate surface area is 430 Å². The highest BCUT2D eigenvalue weighted by molar-refractivity contribution is 5.94. The Morgan fingerprint density at radius 1 is 0.763 bits per heavy atom. The number of carbonyl (C=O) groups excluding carboxylic acids is 3. The molecule has 1 aliphatic heterocycles. The highest BCUT2D eigenvalue weighted by Crippen LogP contribution is 2.34. The Balaban J connectivity index is 0.898. The molecule has 4 aromatic rings. The summed E-state index contributed by atoms with van der Waals surface area (Å²) in [6.07, 6.45) is -6.65. The molecule has 1 fully saturated rings. The van der Waals surface area contributed by atoms with Crippen LogP contribution in [0, 0.1) is 29.1 Å². The molecule has 3 aromatic carbocycles. The first-order valence-electron chi connectivity index (χ1n) is 23.5. The summed E-state index contributed by atoms with van der Waals surface area (Å²) in [5.41, 5.74) is 0.686. The summed E-state index contributed by atoms with van der Waals surface area (Å²) >= 11 is 0. The molecule has 0 unspecified atom stereocenters. The molecule has 0 bridgehead atoms.